The Morgan fingerprint density at radius 1 is 0.513 bits per heavy atom. The molecule has 1 radical (unpaired) electrons. The zero-order valence-corrected chi connectivity index (χ0v) is 20.4. The molecule has 0 aliphatic heterocycles. The molecular formula is C30H23F6O3. The van der Waals surface area contributed by atoms with Crippen LogP contribution in [0.2, 0.25) is 0 Å². The van der Waals surface area contributed by atoms with E-state index in [1.165, 1.54) is 24.3 Å². The number of aliphatic hydroxyl groups excluding tert-OH is 1. The highest BCUT2D eigenvalue weighted by molar-refractivity contribution is 5.35. The summed E-state index contributed by atoms with van der Waals surface area (Å²) in [6.07, 6.45) is -8.37. The van der Waals surface area contributed by atoms with Crippen LogP contribution in [0.3, 0.4) is 0 Å². The summed E-state index contributed by atoms with van der Waals surface area (Å²) in [5.41, 5.74) is 1.57. The van der Waals surface area contributed by atoms with E-state index in [9.17, 15) is 31.4 Å². The molecule has 0 heterocycles. The summed E-state index contributed by atoms with van der Waals surface area (Å²) in [6, 6.07) is 23.2. The number of alkyl halides is 6. The van der Waals surface area contributed by atoms with Crippen molar-refractivity contribution < 1.29 is 40.9 Å². The van der Waals surface area contributed by atoms with Gasteiger partial charge in [0, 0.05) is 6.42 Å². The Hall–Kier alpha value is -3.98. The molecule has 1 N–H and O–H groups in total. The lowest BCUT2D eigenvalue weighted by Gasteiger charge is -2.13. The molecule has 9 heteroatoms. The average Bonchev–Trinajstić information content (AvgIpc) is 2.91. The summed E-state index contributed by atoms with van der Waals surface area (Å²) >= 11 is 0. The van der Waals surface area contributed by atoms with Gasteiger partial charge in [-0.2, -0.15) is 26.3 Å². The van der Waals surface area contributed by atoms with Gasteiger partial charge in [0.25, 0.3) is 0 Å². The molecule has 0 aromatic heterocycles. The maximum Gasteiger partial charge on any atom is 0.416 e. The van der Waals surface area contributed by atoms with Crippen molar-refractivity contribution in [2.45, 2.75) is 32.0 Å². The molecule has 0 bridgehead atoms. The minimum atomic E-state index is -4.40. The summed E-state index contributed by atoms with van der Waals surface area (Å²) in [5.74, 6) is 0.640. The molecule has 3 nitrogen and oxygen atoms in total. The van der Waals surface area contributed by atoms with Gasteiger partial charge in [-0.1, -0.05) is 48.5 Å². The van der Waals surface area contributed by atoms with Gasteiger partial charge < -0.3 is 14.6 Å². The predicted molar refractivity (Wildman–Crippen MR) is 132 cm³/mol. The largest absolute Gasteiger partial charge is 0.489 e. The van der Waals surface area contributed by atoms with Crippen molar-refractivity contribution in [3.05, 3.63) is 137 Å². The number of aliphatic hydroxyl groups is 1. The van der Waals surface area contributed by atoms with E-state index in [0.717, 1.165) is 41.0 Å². The van der Waals surface area contributed by atoms with Crippen molar-refractivity contribution in [3.8, 4) is 11.5 Å². The van der Waals surface area contributed by atoms with Gasteiger partial charge in [-0.05, 0) is 70.8 Å². The van der Waals surface area contributed by atoms with Crippen LogP contribution in [0.4, 0.5) is 26.3 Å². The fourth-order valence-corrected chi connectivity index (χ4v) is 3.66. The van der Waals surface area contributed by atoms with E-state index in [-0.39, 0.29) is 25.7 Å². The first-order valence-corrected chi connectivity index (χ1v) is 11.8. The first-order chi connectivity index (χ1) is 18.5. The molecule has 4 aromatic carbocycles. The van der Waals surface area contributed by atoms with E-state index in [1.807, 2.05) is 24.3 Å². The summed E-state index contributed by atoms with van der Waals surface area (Å²) in [5, 5.41) is 10.6. The Morgan fingerprint density at radius 2 is 0.872 bits per heavy atom. The van der Waals surface area contributed by atoms with Gasteiger partial charge in [-0.15, -0.1) is 0 Å². The van der Waals surface area contributed by atoms with Gasteiger partial charge in [0.05, 0.1) is 11.1 Å². The van der Waals surface area contributed by atoms with Gasteiger partial charge >= 0.3 is 12.4 Å². The second-order valence-electron chi connectivity index (χ2n) is 8.76. The third-order valence-electron chi connectivity index (χ3n) is 5.86. The Balaban J connectivity index is 1.25. The molecule has 0 atom stereocenters. The van der Waals surface area contributed by atoms with E-state index in [0.29, 0.717) is 17.1 Å². The lowest BCUT2D eigenvalue weighted by Crippen LogP contribution is -2.05. The van der Waals surface area contributed by atoms with Gasteiger partial charge in [-0.25, -0.2) is 0 Å². The van der Waals surface area contributed by atoms with E-state index >= 15 is 0 Å². The third kappa shape index (κ3) is 8.00. The average molecular weight is 545 g/mol. The minimum Gasteiger partial charge on any atom is -0.489 e. The van der Waals surface area contributed by atoms with Crippen molar-refractivity contribution in [3.63, 3.8) is 0 Å². The maximum absolute atomic E-state index is 12.7. The van der Waals surface area contributed by atoms with Crippen LogP contribution in [0.15, 0.2) is 97.1 Å². The van der Waals surface area contributed by atoms with Crippen LogP contribution in [0.5, 0.6) is 11.5 Å². The minimum absolute atomic E-state index is 0.152. The molecule has 0 fully saturated rings. The number of halogens is 6. The standard InChI is InChI=1S/C30H23F6O3/c31-29(32,33)24-9-13-26(14-10-24)38-18-21-3-1-20(2-4-21)17-28(37)23-7-5-22(6-8-23)19-39-27-15-11-25(12-16-27)30(34,35)36/h1-16,37H,17-19H2. The zero-order chi connectivity index (χ0) is 28.0. The Bertz CT molecular complexity index is 1330. The lowest BCUT2D eigenvalue weighted by atomic mass is 10.00. The second kappa shape index (κ2) is 11.8. The lowest BCUT2D eigenvalue weighted by molar-refractivity contribution is -0.138. The molecule has 39 heavy (non-hydrogen) atoms. The molecule has 203 valence electrons. The van der Waals surface area contributed by atoms with Crippen molar-refractivity contribution in [2.75, 3.05) is 0 Å². The summed E-state index contributed by atoms with van der Waals surface area (Å²) in [7, 11) is 0. The molecule has 0 aliphatic rings. The molecule has 0 aliphatic carbocycles. The van der Waals surface area contributed by atoms with Gasteiger partial charge in [-0.3, -0.25) is 0 Å². The van der Waals surface area contributed by atoms with Crippen LogP contribution in [0.25, 0.3) is 0 Å². The first-order valence-electron chi connectivity index (χ1n) is 11.8. The van der Waals surface area contributed by atoms with Crippen molar-refractivity contribution in [1.82, 2.24) is 0 Å². The molecule has 0 unspecified atom stereocenters. The van der Waals surface area contributed by atoms with Crippen LogP contribution in [-0.4, -0.2) is 5.11 Å². The normalized spacial score (nSPS) is 12.0. The van der Waals surface area contributed by atoms with Crippen LogP contribution in [0, 0.1) is 6.10 Å². The number of hydrogen-bond acceptors (Lipinski definition) is 3. The molecule has 4 aromatic rings. The monoisotopic (exact) mass is 545 g/mol. The Labute approximate surface area is 221 Å². The van der Waals surface area contributed by atoms with E-state index in [4.69, 9.17) is 9.47 Å². The number of hydrogen-bond donors (Lipinski definition) is 1. The third-order valence-corrected chi connectivity index (χ3v) is 5.86. The quantitative estimate of drug-likeness (QED) is 0.215. The maximum atomic E-state index is 12.7. The Morgan fingerprint density at radius 3 is 1.26 bits per heavy atom. The highest BCUT2D eigenvalue weighted by Gasteiger charge is 2.30. The van der Waals surface area contributed by atoms with E-state index in [1.54, 1.807) is 24.3 Å². The van der Waals surface area contributed by atoms with Crippen molar-refractivity contribution in [1.29, 1.82) is 0 Å². The van der Waals surface area contributed by atoms with Crippen LogP contribution in [-0.2, 0) is 32.0 Å². The van der Waals surface area contributed by atoms with Crippen LogP contribution < -0.4 is 9.47 Å². The SMILES string of the molecule is O[C](Cc1ccc(COc2ccc(C(F)(F)F)cc2)cc1)c1ccc(COc2ccc(C(F)(F)F)cc2)cc1. The first kappa shape index (κ1) is 28.0. The Kier molecular flexibility index (Phi) is 8.50. The fourth-order valence-electron chi connectivity index (χ4n) is 3.66. The van der Waals surface area contributed by atoms with E-state index < -0.39 is 23.5 Å². The van der Waals surface area contributed by atoms with E-state index in [2.05, 4.69) is 0 Å². The molecule has 0 saturated heterocycles. The smallest absolute Gasteiger partial charge is 0.416 e. The summed E-state index contributed by atoms with van der Waals surface area (Å²) in [6.45, 7) is 0.333. The molecule has 0 spiro atoms. The fraction of sp³-hybridized carbons (Fsp3) is 0.167. The van der Waals surface area contributed by atoms with Gasteiger partial charge in [0.1, 0.15) is 30.8 Å². The van der Waals surface area contributed by atoms with Gasteiger partial charge in [0.15, 0.2) is 0 Å². The molecular weight excluding hydrogens is 522 g/mol. The zero-order valence-electron chi connectivity index (χ0n) is 20.4. The van der Waals surface area contributed by atoms with Crippen LogP contribution >= 0.6 is 0 Å². The highest BCUT2D eigenvalue weighted by atomic mass is 19.4. The number of benzene rings is 4. The molecule has 0 saturated carbocycles. The number of ether oxygens (including phenoxy) is 2. The molecule has 0 amide bonds. The second-order valence-corrected chi connectivity index (χ2v) is 8.76. The summed E-state index contributed by atoms with van der Waals surface area (Å²) < 4.78 is 87.1. The van der Waals surface area contributed by atoms with Crippen molar-refractivity contribution >= 4 is 0 Å². The van der Waals surface area contributed by atoms with Gasteiger partial charge in [0.2, 0.25) is 0 Å². The predicted octanol–water partition coefficient (Wildman–Crippen LogP) is 8.38. The van der Waals surface area contributed by atoms with Crippen LogP contribution in [0.1, 0.15) is 33.4 Å². The van der Waals surface area contributed by atoms with Crippen molar-refractivity contribution in [2.24, 2.45) is 0 Å². The summed E-state index contributed by atoms with van der Waals surface area (Å²) in [4.78, 5) is 0. The number of rotatable bonds is 9. The topological polar surface area (TPSA) is 38.7 Å². The highest BCUT2D eigenvalue weighted by Crippen LogP contribution is 2.31. The molecule has 4 rings (SSSR count).